The minimum Gasteiger partial charge on any atom is -0.490 e. The van der Waals surface area contributed by atoms with Crippen molar-refractivity contribution in [2.45, 2.75) is 45.6 Å². The Balaban J connectivity index is 0.00000300. The van der Waals surface area contributed by atoms with Crippen LogP contribution >= 0.6 is 35.3 Å². The van der Waals surface area contributed by atoms with Gasteiger partial charge in [-0.1, -0.05) is 6.07 Å². The van der Waals surface area contributed by atoms with E-state index in [1.165, 1.54) is 18.9 Å². The summed E-state index contributed by atoms with van der Waals surface area (Å²) in [6.45, 7) is 5.42. The number of nitrogens with zero attached hydrogens (tertiary/aromatic N) is 2. The lowest BCUT2D eigenvalue weighted by Gasteiger charge is -2.19. The maximum atomic E-state index is 14.3. The van der Waals surface area contributed by atoms with Crippen molar-refractivity contribution in [2.24, 2.45) is 10.9 Å². The third-order valence-electron chi connectivity index (χ3n) is 4.73. The van der Waals surface area contributed by atoms with Crippen molar-refractivity contribution in [2.75, 3.05) is 20.2 Å². The van der Waals surface area contributed by atoms with Crippen LogP contribution in [0.5, 0.6) is 5.75 Å². The molecule has 1 atom stereocenters. The summed E-state index contributed by atoms with van der Waals surface area (Å²) >= 11 is 1.70. The number of rotatable bonds is 9. The second-order valence-corrected chi connectivity index (χ2v) is 8.24. The first-order chi connectivity index (χ1) is 13.5. The first kappa shape index (κ1) is 23.9. The third kappa shape index (κ3) is 7.73. The Morgan fingerprint density at radius 3 is 2.83 bits per heavy atom. The maximum absolute atomic E-state index is 14.3. The van der Waals surface area contributed by atoms with Crippen LogP contribution in [-0.4, -0.2) is 31.1 Å². The highest BCUT2D eigenvalue weighted by Gasteiger charge is 2.22. The van der Waals surface area contributed by atoms with Gasteiger partial charge < -0.3 is 15.4 Å². The van der Waals surface area contributed by atoms with E-state index < -0.39 is 0 Å². The van der Waals surface area contributed by atoms with E-state index in [9.17, 15) is 4.39 Å². The summed E-state index contributed by atoms with van der Waals surface area (Å²) in [5.41, 5.74) is 1.94. The summed E-state index contributed by atoms with van der Waals surface area (Å²) in [5.74, 6) is 1.34. The number of ether oxygens (including phenoxy) is 1. The number of benzene rings is 1. The fraction of sp³-hybridized carbons (Fsp3) is 0.524. The van der Waals surface area contributed by atoms with Crippen LogP contribution in [0, 0.1) is 18.7 Å². The average Bonchev–Trinajstić information content (AvgIpc) is 3.42. The van der Waals surface area contributed by atoms with Crippen LogP contribution in [0.25, 0.3) is 0 Å². The second-order valence-electron chi connectivity index (χ2n) is 7.30. The number of thiazole rings is 1. The number of guanidine groups is 1. The zero-order chi connectivity index (χ0) is 19.9. The molecule has 160 valence electrons. The van der Waals surface area contributed by atoms with E-state index in [0.29, 0.717) is 24.2 Å². The van der Waals surface area contributed by atoms with E-state index in [0.717, 1.165) is 35.7 Å². The van der Waals surface area contributed by atoms with Gasteiger partial charge in [-0.2, -0.15) is 0 Å². The number of aryl methyl sites for hydroxylation is 2. The van der Waals surface area contributed by atoms with Crippen LogP contribution < -0.4 is 15.4 Å². The Morgan fingerprint density at radius 1 is 1.41 bits per heavy atom. The van der Waals surface area contributed by atoms with Gasteiger partial charge in [-0.05, 0) is 56.7 Å². The van der Waals surface area contributed by atoms with Crippen LogP contribution in [0.15, 0.2) is 28.6 Å². The summed E-state index contributed by atoms with van der Waals surface area (Å²) in [4.78, 5) is 8.74. The van der Waals surface area contributed by atoms with Crippen molar-refractivity contribution in [1.29, 1.82) is 0 Å². The normalized spacial score (nSPS) is 14.8. The smallest absolute Gasteiger partial charge is 0.191 e. The molecule has 0 saturated heterocycles. The lowest BCUT2D eigenvalue weighted by Crippen LogP contribution is -2.39. The van der Waals surface area contributed by atoms with E-state index in [-0.39, 0.29) is 35.8 Å². The predicted octanol–water partition coefficient (Wildman–Crippen LogP) is 4.86. The van der Waals surface area contributed by atoms with Crippen molar-refractivity contribution in [3.05, 3.63) is 45.7 Å². The largest absolute Gasteiger partial charge is 0.490 e. The lowest BCUT2D eigenvalue weighted by molar-refractivity contribution is 0.285. The first-order valence-electron chi connectivity index (χ1n) is 9.85. The SMILES string of the molecule is CN=C(NCCCc1nc(C)cs1)NC(C)c1ccc(OCC2CC2)c(F)c1.I. The number of nitrogens with one attached hydrogen (secondary N) is 2. The maximum Gasteiger partial charge on any atom is 0.191 e. The van der Waals surface area contributed by atoms with E-state index in [1.807, 2.05) is 19.9 Å². The number of hydrogen-bond acceptors (Lipinski definition) is 4. The zero-order valence-corrected chi connectivity index (χ0v) is 20.4. The second kappa shape index (κ2) is 11.7. The van der Waals surface area contributed by atoms with E-state index in [1.54, 1.807) is 24.5 Å². The standard InChI is InChI=1S/C21H29FN4OS.HI/c1-14-13-28-20(25-14)5-4-10-24-21(23-3)26-15(2)17-8-9-19(18(22)11-17)27-12-16-6-7-16;/h8-9,11,13,15-16H,4-7,10,12H2,1-3H3,(H2,23,24,26);1H. The molecule has 0 amide bonds. The molecule has 8 heteroatoms. The Labute approximate surface area is 193 Å². The molecule has 1 aliphatic rings. The van der Waals surface area contributed by atoms with E-state index in [4.69, 9.17) is 4.74 Å². The monoisotopic (exact) mass is 532 g/mol. The van der Waals surface area contributed by atoms with Gasteiger partial charge >= 0.3 is 0 Å². The Bertz CT molecular complexity index is 810. The molecule has 1 aromatic heterocycles. The molecule has 5 nitrogen and oxygen atoms in total. The highest BCUT2D eigenvalue weighted by atomic mass is 127. The fourth-order valence-corrected chi connectivity index (χ4v) is 3.66. The molecular weight excluding hydrogens is 502 g/mol. The number of aliphatic imine (C=N–C) groups is 1. The van der Waals surface area contributed by atoms with Gasteiger partial charge in [-0.25, -0.2) is 9.37 Å². The highest BCUT2D eigenvalue weighted by Crippen LogP contribution is 2.30. The van der Waals surface area contributed by atoms with Gasteiger partial charge in [0.25, 0.3) is 0 Å². The predicted molar refractivity (Wildman–Crippen MR) is 128 cm³/mol. The zero-order valence-electron chi connectivity index (χ0n) is 17.2. The fourth-order valence-electron chi connectivity index (χ4n) is 2.84. The Hall–Kier alpha value is -1.42. The number of aromatic nitrogens is 1. The van der Waals surface area contributed by atoms with Crippen LogP contribution in [0.2, 0.25) is 0 Å². The van der Waals surface area contributed by atoms with Gasteiger partial charge in [0.1, 0.15) is 0 Å². The molecule has 0 bridgehead atoms. The number of hydrogen-bond donors (Lipinski definition) is 2. The van der Waals surface area contributed by atoms with Crippen molar-refractivity contribution >= 4 is 41.3 Å². The summed E-state index contributed by atoms with van der Waals surface area (Å²) in [6, 6.07) is 5.09. The van der Waals surface area contributed by atoms with Gasteiger partial charge in [0.2, 0.25) is 0 Å². The summed E-state index contributed by atoms with van der Waals surface area (Å²) in [6.07, 6.45) is 4.31. The topological polar surface area (TPSA) is 58.5 Å². The molecule has 0 aliphatic heterocycles. The number of halogens is 2. The van der Waals surface area contributed by atoms with Crippen LogP contribution in [0.3, 0.4) is 0 Å². The third-order valence-corrected chi connectivity index (χ3v) is 5.76. The molecule has 1 unspecified atom stereocenters. The first-order valence-corrected chi connectivity index (χ1v) is 10.7. The molecule has 1 fully saturated rings. The minimum absolute atomic E-state index is 0. The van der Waals surface area contributed by atoms with Crippen LogP contribution in [0.4, 0.5) is 4.39 Å². The quantitative estimate of drug-likeness (QED) is 0.210. The van der Waals surface area contributed by atoms with Crippen LogP contribution in [-0.2, 0) is 6.42 Å². The molecule has 1 aliphatic carbocycles. The van der Waals surface area contributed by atoms with Gasteiger partial charge in [-0.3, -0.25) is 4.99 Å². The van der Waals surface area contributed by atoms with E-state index >= 15 is 0 Å². The van der Waals surface area contributed by atoms with Crippen molar-refractivity contribution in [1.82, 2.24) is 15.6 Å². The Morgan fingerprint density at radius 2 is 2.21 bits per heavy atom. The van der Waals surface area contributed by atoms with Crippen molar-refractivity contribution in [3.8, 4) is 5.75 Å². The van der Waals surface area contributed by atoms with Crippen LogP contribution in [0.1, 0.15) is 48.5 Å². The lowest BCUT2D eigenvalue weighted by atomic mass is 10.1. The van der Waals surface area contributed by atoms with Gasteiger partial charge in [0.05, 0.1) is 17.7 Å². The van der Waals surface area contributed by atoms with Gasteiger partial charge in [-0.15, -0.1) is 35.3 Å². The molecule has 29 heavy (non-hydrogen) atoms. The molecule has 1 heterocycles. The summed E-state index contributed by atoms with van der Waals surface area (Å²) in [7, 11) is 1.74. The van der Waals surface area contributed by atoms with Gasteiger partial charge in [0.15, 0.2) is 17.5 Å². The molecule has 1 aromatic carbocycles. The van der Waals surface area contributed by atoms with Crippen molar-refractivity contribution in [3.63, 3.8) is 0 Å². The average molecular weight is 532 g/mol. The Kier molecular flexibility index (Phi) is 9.61. The summed E-state index contributed by atoms with van der Waals surface area (Å²) < 4.78 is 19.9. The molecule has 1 saturated carbocycles. The molecule has 0 radical (unpaired) electrons. The minimum atomic E-state index is -0.312. The molecule has 2 N–H and O–H groups in total. The molecule has 2 aromatic rings. The van der Waals surface area contributed by atoms with Crippen molar-refractivity contribution < 1.29 is 9.13 Å². The molecule has 3 rings (SSSR count). The summed E-state index contributed by atoms with van der Waals surface area (Å²) in [5, 5.41) is 9.86. The molecule has 0 spiro atoms. The highest BCUT2D eigenvalue weighted by molar-refractivity contribution is 14.0. The molecular formula is C21H30FIN4OS. The van der Waals surface area contributed by atoms with E-state index in [2.05, 4.69) is 26.0 Å². The van der Waals surface area contributed by atoms with Gasteiger partial charge in [0, 0.05) is 31.1 Å².